The third-order valence-electron chi connectivity index (χ3n) is 10.4. The smallest absolute Gasteiger partial charge is 0.0708 e. The molecular weight excluding hydrogens is 641 g/mol. The SMILES string of the molecule is C=C/C=C\C1=C(Cc2cccc(-c3ccc4c(c3)N(C(/C=C\C)=C/C=C)C/C=C\C=C/C4=C)c2)c2ccccc2C1(C1=CCCC=C1)c1ccncc1. The van der Waals surface area contributed by atoms with Crippen LogP contribution in [0.2, 0.25) is 0 Å². The van der Waals surface area contributed by atoms with Gasteiger partial charge in [-0.15, -0.1) is 0 Å². The summed E-state index contributed by atoms with van der Waals surface area (Å²) in [6.45, 7) is 15.3. The van der Waals surface area contributed by atoms with Crippen molar-refractivity contribution in [3.63, 3.8) is 0 Å². The minimum Gasteiger partial charge on any atom is -0.337 e. The van der Waals surface area contributed by atoms with Crippen LogP contribution in [0.15, 0.2) is 213 Å². The highest BCUT2D eigenvalue weighted by atomic mass is 15.1. The van der Waals surface area contributed by atoms with E-state index in [9.17, 15) is 0 Å². The third kappa shape index (κ3) is 6.77. The Balaban J connectivity index is 1.38. The van der Waals surface area contributed by atoms with E-state index < -0.39 is 5.41 Å². The van der Waals surface area contributed by atoms with Crippen molar-refractivity contribution in [1.82, 2.24) is 4.98 Å². The highest BCUT2D eigenvalue weighted by molar-refractivity contribution is 5.90. The van der Waals surface area contributed by atoms with Gasteiger partial charge in [0.2, 0.25) is 0 Å². The van der Waals surface area contributed by atoms with Crippen molar-refractivity contribution in [3.8, 4) is 11.1 Å². The van der Waals surface area contributed by atoms with Crippen LogP contribution in [0.1, 0.15) is 47.6 Å². The molecule has 1 atom stereocenters. The predicted molar refractivity (Wildman–Crippen MR) is 228 cm³/mol. The molecule has 260 valence electrons. The van der Waals surface area contributed by atoms with Crippen LogP contribution in [0.4, 0.5) is 5.69 Å². The predicted octanol–water partition coefficient (Wildman–Crippen LogP) is 12.7. The van der Waals surface area contributed by atoms with Gasteiger partial charge in [-0.25, -0.2) is 0 Å². The van der Waals surface area contributed by atoms with Crippen LogP contribution < -0.4 is 4.90 Å². The van der Waals surface area contributed by atoms with E-state index in [2.05, 4.69) is 181 Å². The maximum atomic E-state index is 4.44. The van der Waals surface area contributed by atoms with E-state index in [1.165, 1.54) is 44.5 Å². The van der Waals surface area contributed by atoms with Gasteiger partial charge in [-0.3, -0.25) is 4.98 Å². The molecule has 0 spiro atoms. The average molecular weight is 687 g/mol. The largest absolute Gasteiger partial charge is 0.337 e. The van der Waals surface area contributed by atoms with E-state index in [4.69, 9.17) is 0 Å². The molecule has 2 nitrogen and oxygen atoms in total. The van der Waals surface area contributed by atoms with Gasteiger partial charge in [-0.05, 0) is 112 Å². The van der Waals surface area contributed by atoms with E-state index in [0.29, 0.717) is 0 Å². The molecule has 0 bridgehead atoms. The maximum absolute atomic E-state index is 4.44. The second-order valence-corrected chi connectivity index (χ2v) is 13.5. The molecule has 0 fully saturated rings. The Labute approximate surface area is 315 Å². The fourth-order valence-electron chi connectivity index (χ4n) is 8.10. The van der Waals surface area contributed by atoms with Crippen molar-refractivity contribution < 1.29 is 0 Å². The van der Waals surface area contributed by atoms with E-state index >= 15 is 0 Å². The highest BCUT2D eigenvalue weighted by Crippen LogP contribution is 2.56. The Kier molecular flexibility index (Phi) is 10.6. The first-order valence-corrected chi connectivity index (χ1v) is 18.5. The van der Waals surface area contributed by atoms with Crippen LogP contribution in [0, 0.1) is 0 Å². The van der Waals surface area contributed by atoms with E-state index in [1.54, 1.807) is 0 Å². The molecule has 0 saturated heterocycles. The van der Waals surface area contributed by atoms with E-state index in [-0.39, 0.29) is 0 Å². The van der Waals surface area contributed by atoms with Crippen molar-refractivity contribution in [1.29, 1.82) is 0 Å². The molecule has 4 aromatic rings. The van der Waals surface area contributed by atoms with E-state index in [0.717, 1.165) is 53.9 Å². The molecule has 0 radical (unpaired) electrons. The number of pyridine rings is 1. The maximum Gasteiger partial charge on any atom is 0.0708 e. The third-order valence-corrected chi connectivity index (χ3v) is 10.4. The fraction of sp³-hybridized carbons (Fsp3) is 0.118. The summed E-state index contributed by atoms with van der Waals surface area (Å²) in [6, 6.07) is 29.1. The van der Waals surface area contributed by atoms with E-state index in [1.807, 2.05) is 31.5 Å². The summed E-state index contributed by atoms with van der Waals surface area (Å²) < 4.78 is 0. The molecular formula is C51H46N2. The molecule has 3 aromatic carbocycles. The Morgan fingerprint density at radius 2 is 1.70 bits per heavy atom. The van der Waals surface area contributed by atoms with Gasteiger partial charge in [0.15, 0.2) is 0 Å². The van der Waals surface area contributed by atoms with Crippen molar-refractivity contribution >= 4 is 16.8 Å². The minimum atomic E-state index is -0.463. The lowest BCUT2D eigenvalue weighted by atomic mass is 9.65. The normalized spacial score (nSPS) is 19.7. The lowest BCUT2D eigenvalue weighted by Crippen LogP contribution is -2.30. The number of fused-ring (bicyclic) bond motifs is 2. The van der Waals surface area contributed by atoms with Gasteiger partial charge >= 0.3 is 0 Å². The monoisotopic (exact) mass is 686 g/mol. The second-order valence-electron chi connectivity index (χ2n) is 13.5. The minimum absolute atomic E-state index is 0.463. The Bertz CT molecular complexity index is 2300. The fourth-order valence-corrected chi connectivity index (χ4v) is 8.10. The van der Waals surface area contributed by atoms with Gasteiger partial charge < -0.3 is 4.90 Å². The first kappa shape index (κ1) is 35.2. The second kappa shape index (κ2) is 16.0. The molecule has 7 rings (SSSR count). The summed E-state index contributed by atoms with van der Waals surface area (Å²) in [5, 5.41) is 0. The zero-order valence-electron chi connectivity index (χ0n) is 30.6. The molecule has 1 unspecified atom stereocenters. The van der Waals surface area contributed by atoms with Gasteiger partial charge in [0.25, 0.3) is 0 Å². The summed E-state index contributed by atoms with van der Waals surface area (Å²) in [6.07, 6.45) is 36.6. The van der Waals surface area contributed by atoms with Crippen LogP contribution in [0.25, 0.3) is 22.3 Å². The number of benzene rings is 3. The topological polar surface area (TPSA) is 16.1 Å². The summed E-state index contributed by atoms with van der Waals surface area (Å²) in [4.78, 5) is 6.76. The van der Waals surface area contributed by atoms with Gasteiger partial charge in [-0.2, -0.15) is 0 Å². The molecule has 0 amide bonds. The number of nitrogens with zero attached hydrogens (tertiary/aromatic N) is 2. The zero-order chi connectivity index (χ0) is 36.6. The number of aromatic nitrogens is 1. The summed E-state index contributed by atoms with van der Waals surface area (Å²) >= 11 is 0. The standard InChI is InChI=1S/C51H46N2/c1-5-8-26-49-47(46-25-14-15-27-48(46)51(49,42-23-12-9-13-24-42)43-30-32-52-33-31-43)36-39-21-17-22-40(35-39)41-28-29-45-38(4)20-11-10-16-34-53(50(45)37-41)44(18-6-2)19-7-3/h5-8,10-12,14-33,35,37H,1-2,4,9,13,34,36H2,3H3/b16-10-,19-7-,20-11-,26-8-,44-18+. The lowest BCUT2D eigenvalue weighted by Gasteiger charge is -2.36. The molecule has 0 saturated carbocycles. The van der Waals surface area contributed by atoms with Gasteiger partial charge in [0.05, 0.1) is 5.41 Å². The van der Waals surface area contributed by atoms with Crippen LogP contribution >= 0.6 is 0 Å². The molecule has 2 heterocycles. The van der Waals surface area contributed by atoms with Crippen LogP contribution in [0.3, 0.4) is 0 Å². The average Bonchev–Trinajstić information content (AvgIpc) is 3.51. The molecule has 2 heteroatoms. The molecule has 53 heavy (non-hydrogen) atoms. The van der Waals surface area contributed by atoms with Crippen molar-refractivity contribution in [2.45, 2.75) is 31.6 Å². The quantitative estimate of drug-likeness (QED) is 0.154. The summed E-state index contributed by atoms with van der Waals surface area (Å²) in [7, 11) is 0. The van der Waals surface area contributed by atoms with Crippen molar-refractivity contribution in [2.75, 3.05) is 11.4 Å². The lowest BCUT2D eigenvalue weighted by molar-refractivity contribution is 0.742. The van der Waals surface area contributed by atoms with Crippen molar-refractivity contribution in [2.24, 2.45) is 0 Å². The molecule has 2 aliphatic carbocycles. The molecule has 1 aliphatic heterocycles. The van der Waals surface area contributed by atoms with Crippen LogP contribution in [-0.4, -0.2) is 11.5 Å². The first-order valence-electron chi connectivity index (χ1n) is 18.5. The number of allylic oxidation sites excluding steroid dienone is 17. The van der Waals surface area contributed by atoms with Crippen LogP contribution in [-0.2, 0) is 11.8 Å². The van der Waals surface area contributed by atoms with Gasteiger partial charge in [-0.1, -0.05) is 153 Å². The first-order chi connectivity index (χ1) is 26.1. The summed E-state index contributed by atoms with van der Waals surface area (Å²) in [5.74, 6) is 0. The number of hydrogen-bond donors (Lipinski definition) is 0. The molecule has 3 aliphatic rings. The van der Waals surface area contributed by atoms with Gasteiger partial charge in [0, 0.05) is 35.9 Å². The molecule has 1 aromatic heterocycles. The van der Waals surface area contributed by atoms with Crippen LogP contribution in [0.5, 0.6) is 0 Å². The summed E-state index contributed by atoms with van der Waals surface area (Å²) in [5.41, 5.74) is 15.1. The highest BCUT2D eigenvalue weighted by Gasteiger charge is 2.47. The number of hydrogen-bond acceptors (Lipinski definition) is 2. The zero-order valence-corrected chi connectivity index (χ0v) is 30.6. The molecule has 0 N–H and O–H groups in total. The number of rotatable bonds is 10. The Morgan fingerprint density at radius 1 is 0.849 bits per heavy atom. The Morgan fingerprint density at radius 3 is 2.49 bits per heavy atom. The van der Waals surface area contributed by atoms with Gasteiger partial charge in [0.1, 0.15) is 0 Å². The van der Waals surface area contributed by atoms with Crippen molar-refractivity contribution in [3.05, 3.63) is 241 Å². The Hall–Kier alpha value is -6.25. The number of anilines is 1.